The van der Waals surface area contributed by atoms with Crippen LogP contribution in [0.15, 0.2) is 54.7 Å². The van der Waals surface area contributed by atoms with Gasteiger partial charge in [0.25, 0.3) is 0 Å². The van der Waals surface area contributed by atoms with Gasteiger partial charge in [0.2, 0.25) is 0 Å². The molecule has 1 amide bonds. The molecule has 7 nitrogen and oxygen atoms in total. The number of ether oxygens (including phenoxy) is 3. The summed E-state index contributed by atoms with van der Waals surface area (Å²) < 4.78 is 15.8. The molecule has 0 spiro atoms. The molecule has 0 saturated carbocycles. The lowest BCUT2D eigenvalue weighted by Crippen LogP contribution is -2.45. The number of pyridine rings is 1. The molecule has 4 rings (SSSR count). The number of carbonyl (C=O) groups is 2. The lowest BCUT2D eigenvalue weighted by Gasteiger charge is -2.23. The summed E-state index contributed by atoms with van der Waals surface area (Å²) in [7, 11) is 2.97. The predicted octanol–water partition coefficient (Wildman–Crippen LogP) is 4.84. The van der Waals surface area contributed by atoms with E-state index in [1.54, 1.807) is 34.1 Å². The van der Waals surface area contributed by atoms with Gasteiger partial charge in [0.05, 0.1) is 19.9 Å². The summed E-state index contributed by atoms with van der Waals surface area (Å²) in [4.78, 5) is 29.5. The van der Waals surface area contributed by atoms with Crippen molar-refractivity contribution >= 4 is 28.4 Å². The van der Waals surface area contributed by atoms with E-state index in [-0.39, 0.29) is 6.42 Å². The molecule has 35 heavy (non-hydrogen) atoms. The van der Waals surface area contributed by atoms with E-state index in [4.69, 9.17) is 19.2 Å². The highest BCUT2D eigenvalue weighted by Gasteiger charge is 2.28. The Morgan fingerprint density at radius 1 is 1.06 bits per heavy atom. The molecule has 0 unspecified atom stereocenters. The number of nitrogens with one attached hydrogen (secondary N) is 1. The van der Waals surface area contributed by atoms with E-state index in [2.05, 4.69) is 17.5 Å². The third kappa shape index (κ3) is 5.14. The first-order valence-electron chi connectivity index (χ1n) is 11.5. The fourth-order valence-electron chi connectivity index (χ4n) is 4.43. The molecule has 7 heteroatoms. The Hall–Kier alpha value is -3.87. The van der Waals surface area contributed by atoms with Crippen LogP contribution in [-0.2, 0) is 27.1 Å². The molecule has 0 aliphatic heterocycles. The van der Waals surface area contributed by atoms with Gasteiger partial charge in [-0.05, 0) is 56.0 Å². The first kappa shape index (κ1) is 24.3. The minimum atomic E-state index is -0.870. The number of rotatable bonds is 6. The van der Waals surface area contributed by atoms with Crippen LogP contribution in [0.5, 0.6) is 5.75 Å². The van der Waals surface area contributed by atoms with E-state index in [1.165, 1.54) is 7.11 Å². The normalized spacial score (nSPS) is 13.6. The molecule has 1 aliphatic carbocycles. The zero-order valence-electron chi connectivity index (χ0n) is 20.7. The average molecular weight is 475 g/mol. The first-order chi connectivity index (χ1) is 16.7. The minimum Gasteiger partial charge on any atom is -0.496 e. The molecule has 1 N–H and O–H groups in total. The Balaban J connectivity index is 1.66. The zero-order valence-corrected chi connectivity index (χ0v) is 20.7. The zero-order chi connectivity index (χ0) is 25.2. The summed E-state index contributed by atoms with van der Waals surface area (Å²) in [5, 5.41) is 4.67. The lowest BCUT2D eigenvalue weighted by molar-refractivity contribution is -0.143. The average Bonchev–Trinajstić information content (AvgIpc) is 3.26. The molecule has 0 fully saturated rings. The summed E-state index contributed by atoms with van der Waals surface area (Å²) in [6, 6.07) is 13.0. The second-order valence-electron chi connectivity index (χ2n) is 9.41. The summed E-state index contributed by atoms with van der Waals surface area (Å²) in [5.41, 5.74) is 4.36. The molecular weight excluding hydrogens is 444 g/mol. The van der Waals surface area contributed by atoms with Crippen molar-refractivity contribution in [3.8, 4) is 5.75 Å². The van der Waals surface area contributed by atoms with Crippen LogP contribution in [0.4, 0.5) is 4.79 Å². The molecule has 0 bridgehead atoms. The number of benzene rings is 2. The van der Waals surface area contributed by atoms with Gasteiger partial charge in [-0.2, -0.15) is 0 Å². The first-order valence-corrected chi connectivity index (χ1v) is 11.5. The lowest BCUT2D eigenvalue weighted by atomic mass is 9.93. The molecule has 182 valence electrons. The third-order valence-corrected chi connectivity index (χ3v) is 5.92. The van der Waals surface area contributed by atoms with Gasteiger partial charge in [0.15, 0.2) is 0 Å². The maximum atomic E-state index is 12.5. The monoisotopic (exact) mass is 474 g/mol. The highest BCUT2D eigenvalue weighted by molar-refractivity contribution is 6.00. The molecule has 1 heterocycles. The van der Waals surface area contributed by atoms with Crippen LogP contribution in [0, 0.1) is 0 Å². The number of methoxy groups -OCH3 is 2. The fraction of sp³-hybridized carbons (Fsp3) is 0.321. The van der Waals surface area contributed by atoms with Crippen molar-refractivity contribution in [3.63, 3.8) is 0 Å². The van der Waals surface area contributed by atoms with Gasteiger partial charge in [-0.1, -0.05) is 36.4 Å². The summed E-state index contributed by atoms with van der Waals surface area (Å²) in [6.07, 6.45) is 4.27. The van der Waals surface area contributed by atoms with Crippen molar-refractivity contribution in [3.05, 3.63) is 77.1 Å². The van der Waals surface area contributed by atoms with Crippen molar-refractivity contribution in [2.75, 3.05) is 14.2 Å². The van der Waals surface area contributed by atoms with E-state index >= 15 is 0 Å². The number of alkyl carbamates (subject to hydrolysis) is 1. The van der Waals surface area contributed by atoms with Crippen LogP contribution in [0.3, 0.4) is 0 Å². The molecule has 2 aromatic carbocycles. The van der Waals surface area contributed by atoms with Crippen molar-refractivity contribution in [1.29, 1.82) is 0 Å². The second kappa shape index (κ2) is 9.78. The maximum absolute atomic E-state index is 12.5. The van der Waals surface area contributed by atoms with Gasteiger partial charge in [0, 0.05) is 29.0 Å². The van der Waals surface area contributed by atoms with Crippen LogP contribution in [-0.4, -0.2) is 42.9 Å². The van der Waals surface area contributed by atoms with Crippen LogP contribution in [0.25, 0.3) is 16.3 Å². The highest BCUT2D eigenvalue weighted by Crippen LogP contribution is 2.38. The number of esters is 1. The van der Waals surface area contributed by atoms with Crippen molar-refractivity contribution in [2.24, 2.45) is 0 Å². The SMILES string of the molecule is COC(=O)[C@H](Cc1cccc2c1CC=C2c1nccc2c(OC)cccc12)NC(=O)OC(C)(C)C. The predicted molar refractivity (Wildman–Crippen MR) is 134 cm³/mol. The molecular formula is C28H30N2O5. The number of fused-ring (bicyclic) bond motifs is 2. The molecule has 1 aliphatic rings. The number of allylic oxidation sites excluding steroid dienone is 1. The number of nitrogens with zero attached hydrogens (tertiary/aromatic N) is 1. The fourth-order valence-corrected chi connectivity index (χ4v) is 4.43. The van der Waals surface area contributed by atoms with Gasteiger partial charge in [-0.15, -0.1) is 0 Å². The summed E-state index contributed by atoms with van der Waals surface area (Å²) in [6.45, 7) is 5.32. The summed E-state index contributed by atoms with van der Waals surface area (Å²) in [5.74, 6) is 0.273. The topological polar surface area (TPSA) is 86.8 Å². The van der Waals surface area contributed by atoms with Gasteiger partial charge in [-0.3, -0.25) is 4.98 Å². The van der Waals surface area contributed by atoms with Crippen LogP contribution >= 0.6 is 0 Å². The molecule has 0 saturated heterocycles. The van der Waals surface area contributed by atoms with E-state index < -0.39 is 23.7 Å². The molecule has 1 atom stereocenters. The van der Waals surface area contributed by atoms with Gasteiger partial charge < -0.3 is 19.5 Å². The number of carbonyl (C=O) groups excluding carboxylic acids is 2. The number of aromatic nitrogens is 1. The van der Waals surface area contributed by atoms with Gasteiger partial charge >= 0.3 is 12.1 Å². The van der Waals surface area contributed by atoms with Crippen LogP contribution in [0.2, 0.25) is 0 Å². The third-order valence-electron chi connectivity index (χ3n) is 5.92. The van der Waals surface area contributed by atoms with E-state index in [9.17, 15) is 9.59 Å². The minimum absolute atomic E-state index is 0.285. The standard InChI is InChI=1S/C28H30N2O5/c1-28(2,3)35-27(32)30-23(26(31)34-5)16-17-8-6-9-19-18(17)12-13-22(19)25-21-10-7-11-24(33-4)20(21)14-15-29-25/h6-11,13-15,23H,12,16H2,1-5H3,(H,30,32)/t23-/m0/s1. The number of amides is 1. The molecule has 0 radical (unpaired) electrons. The molecule has 1 aromatic heterocycles. The Morgan fingerprint density at radius 2 is 1.83 bits per heavy atom. The Labute approximate surface area is 205 Å². The van der Waals surface area contributed by atoms with E-state index in [1.807, 2.05) is 36.4 Å². The maximum Gasteiger partial charge on any atom is 0.408 e. The van der Waals surface area contributed by atoms with E-state index in [0.717, 1.165) is 44.5 Å². The highest BCUT2D eigenvalue weighted by atomic mass is 16.6. The Morgan fingerprint density at radius 3 is 2.54 bits per heavy atom. The smallest absolute Gasteiger partial charge is 0.408 e. The second-order valence-corrected chi connectivity index (χ2v) is 9.41. The molecule has 3 aromatic rings. The van der Waals surface area contributed by atoms with E-state index in [0.29, 0.717) is 6.42 Å². The van der Waals surface area contributed by atoms with Crippen LogP contribution in [0.1, 0.15) is 43.2 Å². The summed E-state index contributed by atoms with van der Waals surface area (Å²) >= 11 is 0. The van der Waals surface area contributed by atoms with Crippen LogP contribution < -0.4 is 10.1 Å². The quantitative estimate of drug-likeness (QED) is 0.515. The van der Waals surface area contributed by atoms with Gasteiger partial charge in [0.1, 0.15) is 17.4 Å². The Bertz CT molecular complexity index is 1310. The number of hydrogen-bond donors (Lipinski definition) is 1. The Kier molecular flexibility index (Phi) is 6.78. The van der Waals surface area contributed by atoms with Gasteiger partial charge in [-0.25, -0.2) is 9.59 Å². The largest absolute Gasteiger partial charge is 0.496 e. The van der Waals surface area contributed by atoms with Crippen molar-refractivity contribution < 1.29 is 23.8 Å². The van der Waals surface area contributed by atoms with Crippen molar-refractivity contribution in [1.82, 2.24) is 10.3 Å². The number of hydrogen-bond acceptors (Lipinski definition) is 6. The van der Waals surface area contributed by atoms with Crippen molar-refractivity contribution in [2.45, 2.75) is 45.3 Å².